The number of para-hydroxylation sites is 2. The minimum absolute atomic E-state index is 0.586. The van der Waals surface area contributed by atoms with Crippen molar-refractivity contribution in [3.8, 4) is 55.6 Å². The number of fused-ring (bicyclic) bond motifs is 3. The van der Waals surface area contributed by atoms with Gasteiger partial charge in [0.1, 0.15) is 0 Å². The zero-order valence-corrected chi connectivity index (χ0v) is 41.4. The normalized spacial score (nSPS) is 12.1. The van der Waals surface area contributed by atoms with Crippen molar-refractivity contribution in [2.24, 2.45) is 0 Å². The lowest BCUT2D eigenvalue weighted by Gasteiger charge is -2.35. The van der Waals surface area contributed by atoms with Gasteiger partial charge in [0.25, 0.3) is 0 Å². The standard InChI is InChI=1S/C73H52N2/c1-8-25-53(26-9-1)54-43-45-62(46-44-54)75(63-47-48-69-68-39-22-23-42-70(68)73(71(69)52-63,58-31-14-4-15-32-58)59-33-16-5-17-34-59)65-50-57(49-64(51-65)74(60-35-18-6-19-36-60)61-37-20-7-21-38-61)72-66(55-27-10-2-11-28-55)40-24-41-67(72)56-29-12-3-13-30-56/h1-52H. The zero-order valence-electron chi connectivity index (χ0n) is 41.4. The van der Waals surface area contributed by atoms with Crippen LogP contribution in [0.25, 0.3) is 55.6 Å². The maximum atomic E-state index is 2.48. The lowest BCUT2D eigenvalue weighted by molar-refractivity contribution is 0.768. The van der Waals surface area contributed by atoms with Crippen molar-refractivity contribution in [3.63, 3.8) is 0 Å². The summed E-state index contributed by atoms with van der Waals surface area (Å²) < 4.78 is 0. The van der Waals surface area contributed by atoms with Crippen molar-refractivity contribution < 1.29 is 0 Å². The van der Waals surface area contributed by atoms with E-state index in [0.29, 0.717) is 0 Å². The van der Waals surface area contributed by atoms with Gasteiger partial charge in [-0.15, -0.1) is 0 Å². The molecule has 0 heterocycles. The molecule has 0 amide bonds. The minimum Gasteiger partial charge on any atom is -0.310 e. The molecule has 13 rings (SSSR count). The molecule has 0 unspecified atom stereocenters. The van der Waals surface area contributed by atoms with Crippen LogP contribution in [-0.4, -0.2) is 0 Å². The quantitative estimate of drug-likeness (QED) is 0.120. The molecule has 12 aromatic carbocycles. The number of anilines is 6. The molecule has 12 aromatic rings. The predicted octanol–water partition coefficient (Wildman–Crippen LogP) is 19.7. The Morgan fingerprint density at radius 3 is 1.09 bits per heavy atom. The fourth-order valence-electron chi connectivity index (χ4n) is 11.6. The number of benzene rings is 12. The van der Waals surface area contributed by atoms with Gasteiger partial charge >= 0.3 is 0 Å². The van der Waals surface area contributed by atoms with Gasteiger partial charge in [-0.25, -0.2) is 0 Å². The largest absolute Gasteiger partial charge is 0.310 e. The molecule has 1 aliphatic rings. The first-order valence-corrected chi connectivity index (χ1v) is 25.8. The molecule has 2 nitrogen and oxygen atoms in total. The van der Waals surface area contributed by atoms with E-state index in [4.69, 9.17) is 0 Å². The van der Waals surface area contributed by atoms with Gasteiger partial charge in [-0.3, -0.25) is 0 Å². The maximum Gasteiger partial charge on any atom is 0.0714 e. The second-order valence-corrected chi connectivity index (χ2v) is 19.2. The molecule has 75 heavy (non-hydrogen) atoms. The summed E-state index contributed by atoms with van der Waals surface area (Å²) in [5.41, 5.74) is 22.4. The Hall–Kier alpha value is -9.76. The number of hydrogen-bond donors (Lipinski definition) is 0. The Labute approximate surface area is 440 Å². The van der Waals surface area contributed by atoms with Crippen LogP contribution in [0.15, 0.2) is 315 Å². The van der Waals surface area contributed by atoms with Crippen molar-refractivity contribution in [2.45, 2.75) is 5.41 Å². The molecule has 0 bridgehead atoms. The Bertz CT molecular complexity index is 3760. The third kappa shape index (κ3) is 8.20. The van der Waals surface area contributed by atoms with Crippen LogP contribution in [0.2, 0.25) is 0 Å². The summed E-state index contributed by atoms with van der Waals surface area (Å²) in [6.07, 6.45) is 0. The average molecular weight is 957 g/mol. The first-order valence-electron chi connectivity index (χ1n) is 25.8. The van der Waals surface area contributed by atoms with E-state index in [9.17, 15) is 0 Å². The van der Waals surface area contributed by atoms with Gasteiger partial charge in [0, 0.05) is 34.1 Å². The summed E-state index contributed by atoms with van der Waals surface area (Å²) in [6, 6.07) is 115. The number of nitrogens with zero attached hydrogens (tertiary/aromatic N) is 2. The molecule has 0 N–H and O–H groups in total. The molecule has 354 valence electrons. The molecule has 1 aliphatic carbocycles. The van der Waals surface area contributed by atoms with Gasteiger partial charge < -0.3 is 9.80 Å². The van der Waals surface area contributed by atoms with E-state index in [1.54, 1.807) is 0 Å². The SMILES string of the molecule is c1ccc(-c2ccc(N(c3cc(-c4c(-c5ccccc5)cccc4-c4ccccc4)cc(N(c4ccccc4)c4ccccc4)c3)c3ccc4c(c3)C(c3ccccc3)(c3ccccc3)c3ccccc3-4)cc2)cc1. The Kier molecular flexibility index (Phi) is 11.8. The Balaban J connectivity index is 1.13. The van der Waals surface area contributed by atoms with Gasteiger partial charge in [-0.2, -0.15) is 0 Å². The fourth-order valence-corrected chi connectivity index (χ4v) is 11.6. The third-order valence-electron chi connectivity index (χ3n) is 14.9. The lowest BCUT2D eigenvalue weighted by atomic mass is 9.67. The molecule has 0 spiro atoms. The highest BCUT2D eigenvalue weighted by atomic mass is 15.2. The highest BCUT2D eigenvalue weighted by Crippen LogP contribution is 2.58. The molecule has 0 aromatic heterocycles. The molecule has 0 atom stereocenters. The zero-order chi connectivity index (χ0) is 50.0. The summed E-state index contributed by atoms with van der Waals surface area (Å²) in [7, 11) is 0. The second-order valence-electron chi connectivity index (χ2n) is 19.2. The third-order valence-corrected chi connectivity index (χ3v) is 14.9. The Morgan fingerprint density at radius 2 is 0.573 bits per heavy atom. The highest BCUT2D eigenvalue weighted by Gasteiger charge is 2.46. The number of hydrogen-bond acceptors (Lipinski definition) is 2. The van der Waals surface area contributed by atoms with Gasteiger partial charge in [0.05, 0.1) is 5.41 Å². The van der Waals surface area contributed by atoms with E-state index >= 15 is 0 Å². The molecule has 0 radical (unpaired) electrons. The van der Waals surface area contributed by atoms with Crippen LogP contribution >= 0.6 is 0 Å². The van der Waals surface area contributed by atoms with E-state index in [2.05, 4.69) is 325 Å². The highest BCUT2D eigenvalue weighted by molar-refractivity contribution is 5.98. The first-order chi connectivity index (χ1) is 37.2. The summed E-state index contributed by atoms with van der Waals surface area (Å²) in [5.74, 6) is 0. The van der Waals surface area contributed by atoms with Crippen LogP contribution in [0, 0.1) is 0 Å². The van der Waals surface area contributed by atoms with Crippen molar-refractivity contribution >= 4 is 34.1 Å². The number of rotatable bonds is 12. The topological polar surface area (TPSA) is 6.48 Å². The molecular weight excluding hydrogens is 905 g/mol. The smallest absolute Gasteiger partial charge is 0.0714 e. The van der Waals surface area contributed by atoms with E-state index in [0.717, 1.165) is 73.1 Å². The van der Waals surface area contributed by atoms with E-state index < -0.39 is 5.41 Å². The summed E-state index contributed by atoms with van der Waals surface area (Å²) in [5, 5.41) is 0. The molecule has 0 saturated heterocycles. The molecule has 2 heteroatoms. The molecule has 0 saturated carbocycles. The van der Waals surface area contributed by atoms with Crippen LogP contribution in [0.5, 0.6) is 0 Å². The monoisotopic (exact) mass is 956 g/mol. The fraction of sp³-hybridized carbons (Fsp3) is 0.0137. The average Bonchev–Trinajstić information content (AvgIpc) is 3.81. The van der Waals surface area contributed by atoms with Gasteiger partial charge in [-0.1, -0.05) is 249 Å². The van der Waals surface area contributed by atoms with Gasteiger partial charge in [0.15, 0.2) is 0 Å². The van der Waals surface area contributed by atoms with Crippen molar-refractivity contribution in [2.75, 3.05) is 9.80 Å². The maximum absolute atomic E-state index is 2.48. The second kappa shape index (κ2) is 19.7. The van der Waals surface area contributed by atoms with E-state index in [1.807, 2.05) is 0 Å². The van der Waals surface area contributed by atoms with Crippen molar-refractivity contribution in [1.29, 1.82) is 0 Å². The van der Waals surface area contributed by atoms with E-state index in [1.165, 1.54) is 38.9 Å². The van der Waals surface area contributed by atoms with Crippen LogP contribution < -0.4 is 9.80 Å². The predicted molar refractivity (Wildman–Crippen MR) is 315 cm³/mol. The van der Waals surface area contributed by atoms with Crippen LogP contribution in [0.3, 0.4) is 0 Å². The van der Waals surface area contributed by atoms with Gasteiger partial charge in [-0.05, 0) is 145 Å². The minimum atomic E-state index is -0.586. The Morgan fingerprint density at radius 1 is 0.200 bits per heavy atom. The van der Waals surface area contributed by atoms with Crippen molar-refractivity contribution in [1.82, 2.24) is 0 Å². The van der Waals surface area contributed by atoms with Crippen LogP contribution in [0.1, 0.15) is 22.3 Å². The summed E-state index contributed by atoms with van der Waals surface area (Å²) >= 11 is 0. The van der Waals surface area contributed by atoms with Crippen LogP contribution in [-0.2, 0) is 5.41 Å². The molecule has 0 fully saturated rings. The summed E-state index contributed by atoms with van der Waals surface area (Å²) in [4.78, 5) is 4.87. The lowest BCUT2D eigenvalue weighted by Crippen LogP contribution is -2.28. The molecular formula is C73H52N2. The van der Waals surface area contributed by atoms with E-state index in [-0.39, 0.29) is 0 Å². The summed E-state index contributed by atoms with van der Waals surface area (Å²) in [6.45, 7) is 0. The van der Waals surface area contributed by atoms with Gasteiger partial charge in [0.2, 0.25) is 0 Å². The molecule has 0 aliphatic heterocycles. The van der Waals surface area contributed by atoms with Crippen molar-refractivity contribution in [3.05, 3.63) is 338 Å². The first kappa shape index (κ1) is 45.1. The van der Waals surface area contributed by atoms with Crippen LogP contribution in [0.4, 0.5) is 34.1 Å².